The number of amides is 2. The second-order valence-corrected chi connectivity index (χ2v) is 6.54. The van der Waals surface area contributed by atoms with Crippen LogP contribution in [0, 0.1) is 5.92 Å². The summed E-state index contributed by atoms with van der Waals surface area (Å²) in [5.74, 6) is -1.24. The lowest BCUT2D eigenvalue weighted by Crippen LogP contribution is -2.42. The van der Waals surface area contributed by atoms with Gasteiger partial charge in [-0.3, -0.25) is 14.4 Å². The van der Waals surface area contributed by atoms with Gasteiger partial charge < -0.3 is 14.9 Å². The number of carboxylic acid groups (broad SMARTS) is 1. The van der Waals surface area contributed by atoms with Crippen molar-refractivity contribution in [1.29, 1.82) is 0 Å². The van der Waals surface area contributed by atoms with Crippen molar-refractivity contribution < 1.29 is 19.5 Å². The highest BCUT2D eigenvalue weighted by Gasteiger charge is 2.28. The van der Waals surface area contributed by atoms with E-state index < -0.39 is 11.9 Å². The van der Waals surface area contributed by atoms with E-state index >= 15 is 0 Å². The normalized spacial score (nSPS) is 21.2. The number of aliphatic carboxylic acids is 1. The fraction of sp³-hybridized carbons (Fsp3) is 0.500. The van der Waals surface area contributed by atoms with Gasteiger partial charge in [0.05, 0.1) is 5.92 Å². The predicted octanol–water partition coefficient (Wildman–Crippen LogP) is 1.75. The molecule has 0 aliphatic carbocycles. The van der Waals surface area contributed by atoms with Crippen LogP contribution in [-0.4, -0.2) is 52.3 Å². The Morgan fingerprint density at radius 3 is 2.50 bits per heavy atom. The molecule has 128 valence electrons. The number of carbonyl (C=O) groups excluding carboxylic acids is 2. The second-order valence-electron chi connectivity index (χ2n) is 6.54. The molecule has 0 radical (unpaired) electrons. The van der Waals surface area contributed by atoms with Gasteiger partial charge in [0, 0.05) is 38.2 Å². The van der Waals surface area contributed by atoms with Gasteiger partial charge in [-0.25, -0.2) is 0 Å². The Kier molecular flexibility index (Phi) is 4.83. The lowest BCUT2D eigenvalue weighted by Gasteiger charge is -2.30. The Bertz CT molecular complexity index is 641. The van der Waals surface area contributed by atoms with Gasteiger partial charge in [-0.05, 0) is 37.0 Å². The van der Waals surface area contributed by atoms with E-state index in [-0.39, 0.29) is 18.4 Å². The molecule has 6 nitrogen and oxygen atoms in total. The summed E-state index contributed by atoms with van der Waals surface area (Å²) in [6, 6.07) is 7.28. The maximum Gasteiger partial charge on any atom is 0.308 e. The van der Waals surface area contributed by atoms with Gasteiger partial charge in [-0.2, -0.15) is 0 Å². The third-order valence-electron chi connectivity index (χ3n) is 4.80. The minimum absolute atomic E-state index is 0.121. The summed E-state index contributed by atoms with van der Waals surface area (Å²) in [6.45, 7) is 2.26. The molecule has 1 aromatic rings. The highest BCUT2D eigenvalue weighted by Crippen LogP contribution is 2.20. The van der Waals surface area contributed by atoms with Crippen molar-refractivity contribution in [3.63, 3.8) is 0 Å². The highest BCUT2D eigenvalue weighted by molar-refractivity contribution is 5.94. The van der Waals surface area contributed by atoms with Crippen LogP contribution >= 0.6 is 0 Å². The Balaban J connectivity index is 1.63. The quantitative estimate of drug-likeness (QED) is 0.912. The molecular weight excluding hydrogens is 308 g/mol. The fourth-order valence-electron chi connectivity index (χ4n) is 3.39. The number of nitrogens with zero attached hydrogens (tertiary/aromatic N) is 2. The van der Waals surface area contributed by atoms with Gasteiger partial charge in [0.1, 0.15) is 0 Å². The lowest BCUT2D eigenvalue weighted by molar-refractivity contribution is -0.143. The highest BCUT2D eigenvalue weighted by atomic mass is 16.4. The molecule has 2 heterocycles. The van der Waals surface area contributed by atoms with Crippen molar-refractivity contribution in [2.45, 2.75) is 32.2 Å². The Labute approximate surface area is 141 Å². The predicted molar refractivity (Wildman–Crippen MR) is 87.4 cm³/mol. The SMILES string of the molecule is O=C(O)C1CCCN(C(=O)c2ccc(CN3CCCC3=O)cc2)C1. The second kappa shape index (κ2) is 7.03. The smallest absolute Gasteiger partial charge is 0.308 e. The Morgan fingerprint density at radius 2 is 1.88 bits per heavy atom. The van der Waals surface area contributed by atoms with Crippen LogP contribution in [0.15, 0.2) is 24.3 Å². The molecule has 0 aromatic heterocycles. The number of rotatable bonds is 4. The topological polar surface area (TPSA) is 77.9 Å². The first-order chi connectivity index (χ1) is 11.5. The van der Waals surface area contributed by atoms with Crippen LogP contribution in [0.5, 0.6) is 0 Å². The van der Waals surface area contributed by atoms with Crippen molar-refractivity contribution in [2.75, 3.05) is 19.6 Å². The molecule has 2 fully saturated rings. The molecule has 2 saturated heterocycles. The number of likely N-dealkylation sites (tertiary alicyclic amines) is 2. The molecule has 0 bridgehead atoms. The average molecular weight is 330 g/mol. The van der Waals surface area contributed by atoms with Crippen LogP contribution in [-0.2, 0) is 16.1 Å². The minimum Gasteiger partial charge on any atom is -0.481 e. The molecule has 1 atom stereocenters. The summed E-state index contributed by atoms with van der Waals surface area (Å²) in [4.78, 5) is 38.8. The maximum atomic E-state index is 12.5. The van der Waals surface area contributed by atoms with Gasteiger partial charge in [-0.15, -0.1) is 0 Å². The van der Waals surface area contributed by atoms with E-state index in [2.05, 4.69) is 0 Å². The number of benzene rings is 1. The molecule has 2 amide bonds. The average Bonchev–Trinajstić information content (AvgIpc) is 3.00. The van der Waals surface area contributed by atoms with Crippen molar-refractivity contribution >= 4 is 17.8 Å². The van der Waals surface area contributed by atoms with Crippen LogP contribution in [0.1, 0.15) is 41.6 Å². The first kappa shape index (κ1) is 16.5. The monoisotopic (exact) mass is 330 g/mol. The molecule has 0 saturated carbocycles. The van der Waals surface area contributed by atoms with Crippen molar-refractivity contribution in [3.05, 3.63) is 35.4 Å². The Hall–Kier alpha value is -2.37. The summed E-state index contributed by atoms with van der Waals surface area (Å²) in [5.41, 5.74) is 1.57. The molecule has 2 aliphatic rings. The first-order valence-corrected chi connectivity index (χ1v) is 8.43. The van der Waals surface area contributed by atoms with Crippen LogP contribution in [0.3, 0.4) is 0 Å². The number of piperidine rings is 1. The summed E-state index contributed by atoms with van der Waals surface area (Å²) in [6.07, 6.45) is 2.88. The molecule has 6 heteroatoms. The zero-order chi connectivity index (χ0) is 17.1. The summed E-state index contributed by atoms with van der Waals surface area (Å²) in [7, 11) is 0. The molecule has 3 rings (SSSR count). The number of carbonyl (C=O) groups is 3. The molecule has 2 aliphatic heterocycles. The van der Waals surface area contributed by atoms with E-state index in [1.54, 1.807) is 17.0 Å². The maximum absolute atomic E-state index is 12.5. The largest absolute Gasteiger partial charge is 0.481 e. The lowest BCUT2D eigenvalue weighted by atomic mass is 9.97. The summed E-state index contributed by atoms with van der Waals surface area (Å²) < 4.78 is 0. The molecule has 1 unspecified atom stereocenters. The minimum atomic E-state index is -0.835. The van der Waals surface area contributed by atoms with Gasteiger partial charge >= 0.3 is 5.97 Å². The van der Waals surface area contributed by atoms with E-state index in [9.17, 15) is 14.4 Å². The van der Waals surface area contributed by atoms with Crippen LogP contribution in [0.25, 0.3) is 0 Å². The van der Waals surface area contributed by atoms with Gasteiger partial charge in [0.25, 0.3) is 5.91 Å². The van der Waals surface area contributed by atoms with Crippen LogP contribution in [0.4, 0.5) is 0 Å². The molecule has 1 aromatic carbocycles. The van der Waals surface area contributed by atoms with Gasteiger partial charge in [0.2, 0.25) is 5.91 Å². The third kappa shape index (κ3) is 3.58. The van der Waals surface area contributed by atoms with Crippen molar-refractivity contribution in [2.24, 2.45) is 5.92 Å². The van der Waals surface area contributed by atoms with E-state index in [1.807, 2.05) is 17.0 Å². The molecule has 1 N–H and O–H groups in total. The third-order valence-corrected chi connectivity index (χ3v) is 4.80. The van der Waals surface area contributed by atoms with Crippen LogP contribution in [0.2, 0.25) is 0 Å². The summed E-state index contributed by atoms with van der Waals surface area (Å²) >= 11 is 0. The zero-order valence-electron chi connectivity index (χ0n) is 13.6. The molecule has 0 spiro atoms. The van der Waals surface area contributed by atoms with Crippen molar-refractivity contribution in [1.82, 2.24) is 9.80 Å². The van der Waals surface area contributed by atoms with Crippen LogP contribution < -0.4 is 0 Å². The first-order valence-electron chi connectivity index (χ1n) is 8.43. The zero-order valence-corrected chi connectivity index (χ0v) is 13.6. The van der Waals surface area contributed by atoms with E-state index in [0.29, 0.717) is 31.5 Å². The van der Waals surface area contributed by atoms with E-state index in [0.717, 1.165) is 24.9 Å². The fourth-order valence-corrected chi connectivity index (χ4v) is 3.39. The molecular formula is C18H22N2O4. The van der Waals surface area contributed by atoms with E-state index in [4.69, 9.17) is 5.11 Å². The van der Waals surface area contributed by atoms with E-state index in [1.165, 1.54) is 0 Å². The summed E-state index contributed by atoms with van der Waals surface area (Å²) in [5, 5.41) is 9.13. The Morgan fingerprint density at radius 1 is 1.12 bits per heavy atom. The molecule has 24 heavy (non-hydrogen) atoms. The van der Waals surface area contributed by atoms with Gasteiger partial charge in [0.15, 0.2) is 0 Å². The number of carboxylic acids is 1. The number of hydrogen-bond donors (Lipinski definition) is 1. The number of hydrogen-bond acceptors (Lipinski definition) is 3. The van der Waals surface area contributed by atoms with Gasteiger partial charge in [-0.1, -0.05) is 12.1 Å². The standard InChI is InChI=1S/C18H22N2O4/c21-16-4-2-9-19(16)11-13-5-7-14(8-6-13)17(22)20-10-1-3-15(12-20)18(23)24/h5-8,15H,1-4,9-12H2,(H,23,24). The van der Waals surface area contributed by atoms with Crippen molar-refractivity contribution in [3.8, 4) is 0 Å².